The molecule has 0 spiro atoms. The molecule has 3 rings (SSSR count). The van der Waals surface area contributed by atoms with E-state index in [0.717, 1.165) is 49.9 Å². The molecule has 1 fully saturated rings. The maximum absolute atomic E-state index is 12.1. The number of alkyl halides is 1. The van der Waals surface area contributed by atoms with Crippen molar-refractivity contribution in [2.75, 3.05) is 39.2 Å². The Bertz CT molecular complexity index is 712. The van der Waals surface area contributed by atoms with Crippen molar-refractivity contribution in [3.63, 3.8) is 0 Å². The molecule has 2 heterocycles. The fourth-order valence-electron chi connectivity index (χ4n) is 2.96. The van der Waals surface area contributed by atoms with Crippen molar-refractivity contribution in [3.05, 3.63) is 30.1 Å². The van der Waals surface area contributed by atoms with Gasteiger partial charge in [0.05, 0.1) is 19.3 Å². The third-order valence-corrected chi connectivity index (χ3v) is 4.73. The van der Waals surface area contributed by atoms with Crippen LogP contribution >= 0.6 is 11.6 Å². The molecular weight excluding hydrogens is 356 g/mol. The molecule has 0 saturated carbocycles. The number of methoxy groups -OCH3 is 1. The van der Waals surface area contributed by atoms with E-state index in [1.54, 1.807) is 11.8 Å². The van der Waals surface area contributed by atoms with Gasteiger partial charge in [0, 0.05) is 38.5 Å². The molecule has 0 unspecified atom stereocenters. The lowest BCUT2D eigenvalue weighted by Crippen LogP contribution is -2.48. The first kappa shape index (κ1) is 18.6. The van der Waals surface area contributed by atoms with E-state index >= 15 is 0 Å². The highest BCUT2D eigenvalue weighted by Crippen LogP contribution is 2.16. The summed E-state index contributed by atoms with van der Waals surface area (Å²) >= 11 is 5.66. The maximum atomic E-state index is 12.1. The zero-order valence-electron chi connectivity index (χ0n) is 14.8. The van der Waals surface area contributed by atoms with Crippen LogP contribution in [0.15, 0.2) is 24.3 Å². The molecular formula is C17H23ClN6O2. The predicted molar refractivity (Wildman–Crippen MR) is 97.5 cm³/mol. The summed E-state index contributed by atoms with van der Waals surface area (Å²) in [6.45, 7) is 3.71. The summed E-state index contributed by atoms with van der Waals surface area (Å²) in [6.07, 6.45) is 1.26. The lowest BCUT2D eigenvalue weighted by molar-refractivity contribution is -0.133. The summed E-state index contributed by atoms with van der Waals surface area (Å²) in [5.74, 6) is 2.28. The average Bonchev–Trinajstić information content (AvgIpc) is 3.15. The van der Waals surface area contributed by atoms with Crippen LogP contribution in [0.4, 0.5) is 0 Å². The highest BCUT2D eigenvalue weighted by molar-refractivity contribution is 6.17. The minimum Gasteiger partial charge on any atom is -0.497 e. The van der Waals surface area contributed by atoms with Crippen molar-refractivity contribution in [2.24, 2.45) is 0 Å². The number of ether oxygens (including phenoxy) is 1. The second-order valence-corrected chi connectivity index (χ2v) is 6.53. The van der Waals surface area contributed by atoms with E-state index in [1.807, 2.05) is 29.2 Å². The van der Waals surface area contributed by atoms with E-state index in [4.69, 9.17) is 16.3 Å². The number of hydrogen-bond acceptors (Lipinski definition) is 6. The normalized spacial score (nSPS) is 15.2. The topological polar surface area (TPSA) is 76.4 Å². The van der Waals surface area contributed by atoms with Gasteiger partial charge < -0.3 is 9.64 Å². The van der Waals surface area contributed by atoms with E-state index in [2.05, 4.69) is 20.4 Å². The first-order valence-corrected chi connectivity index (χ1v) is 9.22. The lowest BCUT2D eigenvalue weighted by atomic mass is 10.2. The van der Waals surface area contributed by atoms with Gasteiger partial charge in [0.2, 0.25) is 5.91 Å². The molecule has 0 bridgehead atoms. The molecule has 1 aliphatic rings. The van der Waals surface area contributed by atoms with Gasteiger partial charge in [-0.25, -0.2) is 0 Å². The molecule has 0 atom stereocenters. The first-order valence-electron chi connectivity index (χ1n) is 8.69. The smallest absolute Gasteiger partial charge is 0.222 e. The van der Waals surface area contributed by atoms with Crippen LogP contribution in [0.3, 0.4) is 0 Å². The van der Waals surface area contributed by atoms with Gasteiger partial charge in [-0.3, -0.25) is 9.69 Å². The predicted octanol–water partition coefficient (Wildman–Crippen LogP) is 1.33. The Balaban J connectivity index is 1.57. The van der Waals surface area contributed by atoms with Crippen LogP contribution < -0.4 is 4.74 Å². The van der Waals surface area contributed by atoms with Gasteiger partial charge in [0.25, 0.3) is 0 Å². The van der Waals surface area contributed by atoms with Crippen molar-refractivity contribution in [3.8, 4) is 11.4 Å². The molecule has 0 radical (unpaired) electrons. The summed E-state index contributed by atoms with van der Waals surface area (Å²) < 4.78 is 6.92. The van der Waals surface area contributed by atoms with Crippen molar-refractivity contribution in [1.29, 1.82) is 0 Å². The molecule has 26 heavy (non-hydrogen) atoms. The molecule has 1 aromatic carbocycles. The number of benzene rings is 1. The van der Waals surface area contributed by atoms with E-state index in [-0.39, 0.29) is 5.91 Å². The Morgan fingerprint density at radius 3 is 2.58 bits per heavy atom. The van der Waals surface area contributed by atoms with Crippen molar-refractivity contribution in [2.45, 2.75) is 19.4 Å². The molecule has 1 aromatic heterocycles. The van der Waals surface area contributed by atoms with E-state index in [0.29, 0.717) is 18.8 Å². The second kappa shape index (κ2) is 8.95. The monoisotopic (exact) mass is 378 g/mol. The number of aromatic nitrogens is 4. The number of carbonyl (C=O) groups excluding carboxylic acids is 1. The van der Waals surface area contributed by atoms with Gasteiger partial charge in [-0.1, -0.05) is 0 Å². The number of rotatable bonds is 7. The van der Waals surface area contributed by atoms with Gasteiger partial charge in [0.1, 0.15) is 5.75 Å². The van der Waals surface area contributed by atoms with Crippen LogP contribution in [0.5, 0.6) is 5.75 Å². The molecule has 140 valence electrons. The van der Waals surface area contributed by atoms with E-state index in [9.17, 15) is 4.79 Å². The Kier molecular flexibility index (Phi) is 6.40. The molecule has 0 N–H and O–H groups in total. The quantitative estimate of drug-likeness (QED) is 0.676. The van der Waals surface area contributed by atoms with Crippen LogP contribution in [0.1, 0.15) is 18.7 Å². The molecule has 8 nitrogen and oxygen atoms in total. The third kappa shape index (κ3) is 4.50. The summed E-state index contributed by atoms with van der Waals surface area (Å²) in [5.41, 5.74) is 0.890. The number of tetrazole rings is 1. The first-order chi connectivity index (χ1) is 12.7. The van der Waals surface area contributed by atoms with Gasteiger partial charge in [0.15, 0.2) is 5.82 Å². The fraction of sp³-hybridized carbons (Fsp3) is 0.529. The maximum Gasteiger partial charge on any atom is 0.222 e. The molecule has 0 aliphatic carbocycles. The van der Waals surface area contributed by atoms with Crippen LogP contribution in [0.25, 0.3) is 5.69 Å². The van der Waals surface area contributed by atoms with Crippen LogP contribution in [-0.4, -0.2) is 75.1 Å². The number of piperazine rings is 1. The minimum atomic E-state index is 0.188. The Morgan fingerprint density at radius 2 is 1.92 bits per heavy atom. The van der Waals surface area contributed by atoms with Crippen LogP contribution in [0, 0.1) is 0 Å². The highest BCUT2D eigenvalue weighted by Gasteiger charge is 2.22. The van der Waals surface area contributed by atoms with Gasteiger partial charge in [-0.05, 0) is 41.1 Å². The largest absolute Gasteiger partial charge is 0.497 e. The van der Waals surface area contributed by atoms with E-state index < -0.39 is 0 Å². The summed E-state index contributed by atoms with van der Waals surface area (Å²) in [7, 11) is 1.64. The van der Waals surface area contributed by atoms with Crippen molar-refractivity contribution >= 4 is 17.5 Å². The average molecular weight is 379 g/mol. The number of carbonyl (C=O) groups is 1. The molecule has 1 aliphatic heterocycles. The minimum absolute atomic E-state index is 0.188. The summed E-state index contributed by atoms with van der Waals surface area (Å²) in [6, 6.07) is 7.61. The van der Waals surface area contributed by atoms with Crippen LogP contribution in [-0.2, 0) is 11.3 Å². The van der Waals surface area contributed by atoms with E-state index in [1.165, 1.54) is 0 Å². The standard InChI is InChI=1S/C17H23ClN6O2/c1-26-15-6-4-14(5-7-15)24-16(19-20-21-24)13-22-9-11-23(12-10-22)17(25)3-2-8-18/h4-7H,2-3,8-13H2,1H3. The summed E-state index contributed by atoms with van der Waals surface area (Å²) in [5, 5.41) is 12.1. The zero-order chi connectivity index (χ0) is 18.4. The lowest BCUT2D eigenvalue weighted by Gasteiger charge is -2.34. The van der Waals surface area contributed by atoms with Gasteiger partial charge in [-0.15, -0.1) is 16.7 Å². The van der Waals surface area contributed by atoms with Gasteiger partial charge >= 0.3 is 0 Å². The number of hydrogen-bond donors (Lipinski definition) is 0. The molecule has 1 saturated heterocycles. The SMILES string of the molecule is COc1ccc(-n2nnnc2CN2CCN(C(=O)CCCCl)CC2)cc1. The Morgan fingerprint density at radius 1 is 1.19 bits per heavy atom. The second-order valence-electron chi connectivity index (χ2n) is 6.15. The number of halogens is 1. The van der Waals surface area contributed by atoms with Crippen molar-refractivity contribution < 1.29 is 9.53 Å². The van der Waals surface area contributed by atoms with Crippen molar-refractivity contribution in [1.82, 2.24) is 30.0 Å². The van der Waals surface area contributed by atoms with Gasteiger partial charge in [-0.2, -0.15) is 4.68 Å². The third-order valence-electron chi connectivity index (χ3n) is 4.47. The molecule has 9 heteroatoms. The number of nitrogens with zero attached hydrogens (tertiary/aromatic N) is 6. The Labute approximate surface area is 157 Å². The fourth-order valence-corrected chi connectivity index (χ4v) is 3.09. The van der Waals surface area contributed by atoms with Crippen LogP contribution in [0.2, 0.25) is 0 Å². The highest BCUT2D eigenvalue weighted by atomic mass is 35.5. The molecule has 2 aromatic rings. The summed E-state index contributed by atoms with van der Waals surface area (Å²) in [4.78, 5) is 16.2. The molecule has 1 amide bonds. The zero-order valence-corrected chi connectivity index (χ0v) is 15.6. The Hall–Kier alpha value is -2.19. The number of amides is 1.